The second-order valence-corrected chi connectivity index (χ2v) is 8.29. The number of piperazine rings is 1. The van der Waals surface area contributed by atoms with Gasteiger partial charge in [0.15, 0.2) is 0 Å². The summed E-state index contributed by atoms with van der Waals surface area (Å²) in [5.41, 5.74) is -0.0386. The van der Waals surface area contributed by atoms with Crippen LogP contribution in [0.3, 0.4) is 0 Å². The third kappa shape index (κ3) is 3.97. The molecule has 1 N–H and O–H groups in total. The van der Waals surface area contributed by atoms with E-state index in [9.17, 15) is 14.3 Å². The van der Waals surface area contributed by atoms with Gasteiger partial charge in [0.2, 0.25) is 0 Å². The maximum Gasteiger partial charge on any atom is 0.254 e. The van der Waals surface area contributed by atoms with Crippen molar-refractivity contribution in [3.63, 3.8) is 0 Å². The molecular weight excluding hydrogens is 345 g/mol. The van der Waals surface area contributed by atoms with Crippen LogP contribution < -0.4 is 4.90 Å². The Hall–Kier alpha value is -1.66. The molecule has 2 aliphatic heterocycles. The monoisotopic (exact) mass is 375 g/mol. The van der Waals surface area contributed by atoms with Crippen molar-refractivity contribution in [1.82, 2.24) is 9.80 Å². The maximum atomic E-state index is 13.1. The van der Waals surface area contributed by atoms with Crippen molar-refractivity contribution in [3.05, 3.63) is 30.1 Å². The highest BCUT2D eigenvalue weighted by Crippen LogP contribution is 2.32. The van der Waals surface area contributed by atoms with Crippen molar-refractivity contribution in [1.29, 1.82) is 0 Å². The molecule has 1 saturated carbocycles. The molecule has 3 fully saturated rings. The summed E-state index contributed by atoms with van der Waals surface area (Å²) in [5.74, 6) is -0.247. The molecule has 0 bridgehead atoms. The zero-order valence-electron chi connectivity index (χ0n) is 15.9. The van der Waals surface area contributed by atoms with Gasteiger partial charge in [-0.2, -0.15) is 0 Å². The SMILES string of the molecule is O=C(N1CCC[C@H](N2CCN(c3ccc(F)cc3)CC2)C1)C1(O)CCCC1. The molecule has 1 amide bonds. The number of nitrogens with zero attached hydrogens (tertiary/aromatic N) is 3. The first kappa shape index (κ1) is 18.7. The van der Waals surface area contributed by atoms with E-state index >= 15 is 0 Å². The number of amides is 1. The Morgan fingerprint density at radius 3 is 2.33 bits per heavy atom. The zero-order chi connectivity index (χ0) is 18.9. The molecular formula is C21H30FN3O2. The fourth-order valence-corrected chi connectivity index (χ4v) is 4.90. The van der Waals surface area contributed by atoms with Crippen LogP contribution in [0.2, 0.25) is 0 Å². The van der Waals surface area contributed by atoms with Gasteiger partial charge in [-0.15, -0.1) is 0 Å². The van der Waals surface area contributed by atoms with Crippen LogP contribution >= 0.6 is 0 Å². The van der Waals surface area contributed by atoms with Crippen molar-refractivity contribution < 1.29 is 14.3 Å². The Morgan fingerprint density at radius 1 is 1.00 bits per heavy atom. The number of hydrogen-bond donors (Lipinski definition) is 1. The molecule has 148 valence electrons. The molecule has 6 heteroatoms. The zero-order valence-corrected chi connectivity index (χ0v) is 15.9. The number of carbonyl (C=O) groups is 1. The Bertz CT molecular complexity index is 652. The highest BCUT2D eigenvalue weighted by atomic mass is 19.1. The second-order valence-electron chi connectivity index (χ2n) is 8.29. The Morgan fingerprint density at radius 2 is 1.67 bits per heavy atom. The summed E-state index contributed by atoms with van der Waals surface area (Å²) in [6.07, 6.45) is 5.24. The summed E-state index contributed by atoms with van der Waals surface area (Å²) < 4.78 is 13.1. The molecule has 0 unspecified atom stereocenters. The lowest BCUT2D eigenvalue weighted by Gasteiger charge is -2.45. The van der Waals surface area contributed by atoms with Crippen LogP contribution in [0.4, 0.5) is 10.1 Å². The fourth-order valence-electron chi connectivity index (χ4n) is 4.90. The second kappa shape index (κ2) is 7.76. The molecule has 1 aromatic rings. The van der Waals surface area contributed by atoms with Gasteiger partial charge in [-0.3, -0.25) is 9.69 Å². The van der Waals surface area contributed by atoms with Gasteiger partial charge in [0, 0.05) is 51.0 Å². The molecule has 2 heterocycles. The van der Waals surface area contributed by atoms with E-state index in [1.54, 1.807) is 0 Å². The number of benzene rings is 1. The summed E-state index contributed by atoms with van der Waals surface area (Å²) in [5, 5.41) is 10.7. The van der Waals surface area contributed by atoms with Crippen LogP contribution in [-0.4, -0.2) is 71.7 Å². The van der Waals surface area contributed by atoms with Crippen LogP contribution in [0.5, 0.6) is 0 Å². The number of carbonyl (C=O) groups excluding carboxylic acids is 1. The van der Waals surface area contributed by atoms with Gasteiger partial charge in [-0.05, 0) is 62.8 Å². The predicted octanol–water partition coefficient (Wildman–Crippen LogP) is 2.24. The van der Waals surface area contributed by atoms with Gasteiger partial charge in [0.05, 0.1) is 0 Å². The van der Waals surface area contributed by atoms with Gasteiger partial charge in [0.25, 0.3) is 5.91 Å². The van der Waals surface area contributed by atoms with Crippen LogP contribution in [0, 0.1) is 5.82 Å². The number of piperidine rings is 1. The Labute approximate surface area is 160 Å². The number of hydrogen-bond acceptors (Lipinski definition) is 4. The highest BCUT2D eigenvalue weighted by Gasteiger charge is 2.43. The topological polar surface area (TPSA) is 47.0 Å². The number of likely N-dealkylation sites (tertiary alicyclic amines) is 1. The van der Waals surface area contributed by atoms with Crippen molar-refractivity contribution in [2.24, 2.45) is 0 Å². The van der Waals surface area contributed by atoms with Gasteiger partial charge < -0.3 is 14.9 Å². The minimum atomic E-state index is -1.11. The number of anilines is 1. The minimum Gasteiger partial charge on any atom is -0.380 e. The molecule has 27 heavy (non-hydrogen) atoms. The molecule has 0 spiro atoms. The smallest absolute Gasteiger partial charge is 0.254 e. The van der Waals surface area contributed by atoms with E-state index in [4.69, 9.17) is 0 Å². The predicted molar refractivity (Wildman–Crippen MR) is 103 cm³/mol. The quantitative estimate of drug-likeness (QED) is 0.880. The number of halogens is 1. The van der Waals surface area contributed by atoms with Crippen LogP contribution in [-0.2, 0) is 4.79 Å². The van der Waals surface area contributed by atoms with E-state index in [-0.39, 0.29) is 11.7 Å². The summed E-state index contributed by atoms with van der Waals surface area (Å²) in [6, 6.07) is 7.09. The van der Waals surface area contributed by atoms with Gasteiger partial charge in [-0.25, -0.2) is 4.39 Å². The third-order valence-electron chi connectivity index (χ3n) is 6.53. The first-order valence-electron chi connectivity index (χ1n) is 10.3. The fraction of sp³-hybridized carbons (Fsp3) is 0.667. The molecule has 0 radical (unpaired) electrons. The van der Waals surface area contributed by atoms with Crippen molar-refractivity contribution in [3.8, 4) is 0 Å². The Kier molecular flexibility index (Phi) is 5.37. The van der Waals surface area contributed by atoms with Crippen LogP contribution in [0.1, 0.15) is 38.5 Å². The van der Waals surface area contributed by atoms with Crippen LogP contribution in [0.25, 0.3) is 0 Å². The average molecular weight is 375 g/mol. The van der Waals surface area contributed by atoms with Gasteiger partial charge in [0.1, 0.15) is 11.4 Å². The van der Waals surface area contributed by atoms with E-state index < -0.39 is 5.60 Å². The molecule has 2 saturated heterocycles. The summed E-state index contributed by atoms with van der Waals surface area (Å²) in [4.78, 5) is 19.5. The van der Waals surface area contributed by atoms with Crippen molar-refractivity contribution >= 4 is 11.6 Å². The van der Waals surface area contributed by atoms with Crippen LogP contribution in [0.15, 0.2) is 24.3 Å². The molecule has 1 atom stereocenters. The molecule has 1 aliphatic carbocycles. The summed E-state index contributed by atoms with van der Waals surface area (Å²) in [6.45, 7) is 5.24. The number of rotatable bonds is 3. The normalized spacial score (nSPS) is 26.4. The molecule has 4 rings (SSSR count). The first-order valence-corrected chi connectivity index (χ1v) is 10.3. The molecule has 3 aliphatic rings. The lowest BCUT2D eigenvalue weighted by Crippen LogP contribution is -2.58. The average Bonchev–Trinajstić information content (AvgIpc) is 3.16. The standard InChI is InChI=1S/C21H30FN3O2/c22-17-5-7-18(8-6-17)23-12-14-24(15-13-23)19-4-3-11-25(16-19)20(26)21(27)9-1-2-10-21/h5-8,19,27H,1-4,9-16H2/t19-/m0/s1. The lowest BCUT2D eigenvalue weighted by molar-refractivity contribution is -0.153. The molecule has 1 aromatic carbocycles. The third-order valence-corrected chi connectivity index (χ3v) is 6.53. The van der Waals surface area contributed by atoms with E-state index in [2.05, 4.69) is 9.80 Å². The largest absolute Gasteiger partial charge is 0.380 e. The van der Waals surface area contributed by atoms with E-state index in [1.807, 2.05) is 17.0 Å². The first-order chi connectivity index (χ1) is 13.0. The van der Waals surface area contributed by atoms with Crippen molar-refractivity contribution in [2.45, 2.75) is 50.2 Å². The summed E-state index contributed by atoms with van der Waals surface area (Å²) in [7, 11) is 0. The van der Waals surface area contributed by atoms with E-state index in [0.717, 1.165) is 70.6 Å². The summed E-state index contributed by atoms with van der Waals surface area (Å²) >= 11 is 0. The molecule has 5 nitrogen and oxygen atoms in total. The number of aliphatic hydroxyl groups is 1. The minimum absolute atomic E-state index is 0.0466. The lowest BCUT2D eigenvalue weighted by atomic mass is 9.96. The maximum absolute atomic E-state index is 13.1. The Balaban J connectivity index is 1.33. The van der Waals surface area contributed by atoms with Gasteiger partial charge >= 0.3 is 0 Å². The highest BCUT2D eigenvalue weighted by molar-refractivity contribution is 5.85. The van der Waals surface area contributed by atoms with E-state index in [1.165, 1.54) is 12.1 Å². The molecule has 0 aromatic heterocycles. The van der Waals surface area contributed by atoms with E-state index in [0.29, 0.717) is 18.9 Å². The van der Waals surface area contributed by atoms with Gasteiger partial charge in [-0.1, -0.05) is 0 Å². The van der Waals surface area contributed by atoms with Crippen molar-refractivity contribution in [2.75, 3.05) is 44.2 Å².